The maximum Gasteiger partial charge on any atom is 0.419 e. The van der Waals surface area contributed by atoms with Crippen molar-refractivity contribution in [2.75, 3.05) is 11.9 Å². The molecule has 26 heavy (non-hydrogen) atoms. The van der Waals surface area contributed by atoms with E-state index in [0.29, 0.717) is 5.69 Å². The van der Waals surface area contributed by atoms with E-state index in [9.17, 15) is 18.0 Å². The Bertz CT molecular complexity index is 893. The van der Waals surface area contributed by atoms with Gasteiger partial charge in [0.15, 0.2) is 6.61 Å². The number of nitrogens with one attached hydrogen (secondary N) is 2. The lowest BCUT2D eigenvalue weighted by molar-refractivity contribution is -0.139. The Kier molecular flexibility index (Phi) is 4.92. The van der Waals surface area contributed by atoms with Crippen molar-refractivity contribution in [1.82, 2.24) is 10.2 Å². The number of aromatic nitrogens is 2. The van der Waals surface area contributed by atoms with Crippen LogP contribution in [-0.2, 0) is 11.0 Å². The second kappa shape index (κ2) is 7.30. The summed E-state index contributed by atoms with van der Waals surface area (Å²) in [6.45, 7) is -0.540. The minimum atomic E-state index is -4.55. The number of rotatable bonds is 5. The van der Waals surface area contributed by atoms with Crippen LogP contribution in [0.15, 0.2) is 60.8 Å². The van der Waals surface area contributed by atoms with E-state index in [4.69, 9.17) is 4.74 Å². The van der Waals surface area contributed by atoms with Gasteiger partial charge in [0, 0.05) is 17.4 Å². The molecule has 0 fully saturated rings. The number of amides is 1. The molecule has 5 nitrogen and oxygen atoms in total. The van der Waals surface area contributed by atoms with Gasteiger partial charge in [-0.1, -0.05) is 24.3 Å². The zero-order valence-electron chi connectivity index (χ0n) is 13.4. The monoisotopic (exact) mass is 361 g/mol. The van der Waals surface area contributed by atoms with Gasteiger partial charge >= 0.3 is 6.18 Å². The first-order valence-corrected chi connectivity index (χ1v) is 7.62. The molecule has 0 aliphatic rings. The smallest absolute Gasteiger partial charge is 0.419 e. The Labute approximate surface area is 146 Å². The summed E-state index contributed by atoms with van der Waals surface area (Å²) in [5.41, 5.74) is 1.16. The number of anilines is 1. The highest BCUT2D eigenvalue weighted by Crippen LogP contribution is 2.35. The van der Waals surface area contributed by atoms with Crippen LogP contribution in [0.1, 0.15) is 5.56 Å². The Hall–Kier alpha value is -3.29. The van der Waals surface area contributed by atoms with Crippen LogP contribution in [0.5, 0.6) is 5.75 Å². The Balaban J connectivity index is 1.65. The summed E-state index contributed by atoms with van der Waals surface area (Å²) in [5.74, 6) is -0.954. The maximum absolute atomic E-state index is 12.9. The fraction of sp³-hybridized carbons (Fsp3) is 0.111. The summed E-state index contributed by atoms with van der Waals surface area (Å²) in [6, 6.07) is 13.5. The van der Waals surface area contributed by atoms with Crippen LogP contribution >= 0.6 is 0 Å². The summed E-state index contributed by atoms with van der Waals surface area (Å²) in [5, 5.41) is 9.26. The van der Waals surface area contributed by atoms with Gasteiger partial charge in [-0.25, -0.2) is 0 Å². The first-order chi connectivity index (χ1) is 12.4. The van der Waals surface area contributed by atoms with E-state index in [-0.39, 0.29) is 5.75 Å². The second-order valence-corrected chi connectivity index (χ2v) is 5.38. The van der Waals surface area contributed by atoms with Crippen LogP contribution < -0.4 is 10.1 Å². The molecule has 3 aromatic rings. The second-order valence-electron chi connectivity index (χ2n) is 5.38. The van der Waals surface area contributed by atoms with Crippen LogP contribution in [0.4, 0.5) is 18.9 Å². The lowest BCUT2D eigenvalue weighted by atomic mass is 10.1. The third-order valence-corrected chi connectivity index (χ3v) is 3.51. The first kappa shape index (κ1) is 17.5. The van der Waals surface area contributed by atoms with Crippen LogP contribution in [-0.4, -0.2) is 22.7 Å². The molecule has 0 radical (unpaired) electrons. The predicted molar refractivity (Wildman–Crippen MR) is 89.6 cm³/mol. The minimum absolute atomic E-state index is 0.388. The average molecular weight is 361 g/mol. The van der Waals surface area contributed by atoms with Crippen molar-refractivity contribution in [2.24, 2.45) is 0 Å². The molecule has 0 aliphatic carbocycles. The Morgan fingerprint density at radius 3 is 2.65 bits per heavy atom. The van der Waals surface area contributed by atoms with E-state index >= 15 is 0 Å². The number of benzene rings is 2. The van der Waals surface area contributed by atoms with Crippen LogP contribution in [0.2, 0.25) is 0 Å². The number of halogens is 3. The highest BCUT2D eigenvalue weighted by Gasteiger charge is 2.34. The lowest BCUT2D eigenvalue weighted by Crippen LogP contribution is -2.21. The van der Waals surface area contributed by atoms with Gasteiger partial charge in [0.05, 0.1) is 11.3 Å². The summed E-state index contributed by atoms with van der Waals surface area (Å²) in [7, 11) is 0. The van der Waals surface area contributed by atoms with Crippen molar-refractivity contribution < 1.29 is 22.7 Å². The maximum atomic E-state index is 12.9. The Morgan fingerprint density at radius 2 is 1.92 bits per heavy atom. The number of carbonyl (C=O) groups excluding carboxylic acids is 1. The molecule has 8 heteroatoms. The van der Waals surface area contributed by atoms with Crippen LogP contribution in [0.3, 0.4) is 0 Å². The number of para-hydroxylation sites is 1. The minimum Gasteiger partial charge on any atom is -0.483 e. The van der Waals surface area contributed by atoms with Crippen molar-refractivity contribution in [3.63, 3.8) is 0 Å². The van der Waals surface area contributed by atoms with Gasteiger partial charge in [-0.2, -0.15) is 18.3 Å². The number of aromatic amines is 1. The molecule has 134 valence electrons. The van der Waals surface area contributed by atoms with Crippen molar-refractivity contribution in [3.8, 4) is 17.0 Å². The van der Waals surface area contributed by atoms with E-state index in [2.05, 4.69) is 15.5 Å². The van der Waals surface area contributed by atoms with Gasteiger partial charge in [0.25, 0.3) is 5.91 Å². The molecule has 1 aromatic heterocycles. The first-order valence-electron chi connectivity index (χ1n) is 7.62. The third kappa shape index (κ3) is 4.21. The topological polar surface area (TPSA) is 67.0 Å². The average Bonchev–Trinajstić information content (AvgIpc) is 3.14. The molecule has 0 aliphatic heterocycles. The van der Waals surface area contributed by atoms with Gasteiger partial charge in [-0.3, -0.25) is 9.89 Å². The molecule has 0 bridgehead atoms. The number of ether oxygens (including phenoxy) is 1. The molecule has 0 saturated heterocycles. The molecular weight excluding hydrogens is 347 g/mol. The SMILES string of the molecule is O=C(COc1ccccc1C(F)(F)F)Nc1cccc(-c2ccn[nH]2)c1. The lowest BCUT2D eigenvalue weighted by Gasteiger charge is -2.13. The zero-order chi connectivity index (χ0) is 18.6. The van der Waals surface area contributed by atoms with E-state index in [1.54, 1.807) is 30.5 Å². The number of hydrogen-bond acceptors (Lipinski definition) is 3. The third-order valence-electron chi connectivity index (χ3n) is 3.51. The van der Waals surface area contributed by atoms with Gasteiger partial charge in [-0.15, -0.1) is 0 Å². The van der Waals surface area contributed by atoms with Crippen LogP contribution in [0.25, 0.3) is 11.3 Å². The number of carbonyl (C=O) groups is 1. The molecule has 0 spiro atoms. The molecule has 0 unspecified atom stereocenters. The fourth-order valence-corrected chi connectivity index (χ4v) is 2.35. The molecule has 2 aromatic carbocycles. The van der Waals surface area contributed by atoms with Gasteiger partial charge in [-0.05, 0) is 30.3 Å². The van der Waals surface area contributed by atoms with Crippen molar-refractivity contribution in [3.05, 3.63) is 66.4 Å². The summed E-state index contributed by atoms with van der Waals surface area (Å²) in [4.78, 5) is 12.0. The van der Waals surface area contributed by atoms with E-state index in [1.807, 2.05) is 6.07 Å². The van der Waals surface area contributed by atoms with E-state index in [0.717, 1.165) is 17.3 Å². The summed E-state index contributed by atoms with van der Waals surface area (Å²) >= 11 is 0. The molecule has 0 atom stereocenters. The normalized spacial score (nSPS) is 11.2. The number of nitrogens with zero attached hydrogens (tertiary/aromatic N) is 1. The molecular formula is C18H14F3N3O2. The molecule has 2 N–H and O–H groups in total. The molecule has 1 heterocycles. The zero-order valence-corrected chi connectivity index (χ0v) is 13.4. The standard InChI is InChI=1S/C18H14F3N3O2/c19-18(20,21)14-6-1-2-7-16(14)26-11-17(25)23-13-5-3-4-12(10-13)15-8-9-22-24-15/h1-10H,11H2,(H,22,24)(H,23,25). The molecule has 3 rings (SSSR count). The van der Waals surface area contributed by atoms with Crippen molar-refractivity contribution in [2.45, 2.75) is 6.18 Å². The van der Waals surface area contributed by atoms with Gasteiger partial charge in [0.1, 0.15) is 5.75 Å². The molecule has 1 amide bonds. The quantitative estimate of drug-likeness (QED) is 0.719. The fourth-order valence-electron chi connectivity index (χ4n) is 2.35. The molecule has 0 saturated carbocycles. The highest BCUT2D eigenvalue weighted by molar-refractivity contribution is 5.92. The highest BCUT2D eigenvalue weighted by atomic mass is 19.4. The Morgan fingerprint density at radius 1 is 1.12 bits per heavy atom. The van der Waals surface area contributed by atoms with Gasteiger partial charge < -0.3 is 10.1 Å². The summed E-state index contributed by atoms with van der Waals surface area (Å²) < 4.78 is 43.8. The number of alkyl halides is 3. The van der Waals surface area contributed by atoms with Crippen molar-refractivity contribution >= 4 is 11.6 Å². The van der Waals surface area contributed by atoms with Gasteiger partial charge in [0.2, 0.25) is 0 Å². The van der Waals surface area contributed by atoms with E-state index in [1.165, 1.54) is 18.2 Å². The largest absolute Gasteiger partial charge is 0.483 e. The summed E-state index contributed by atoms with van der Waals surface area (Å²) in [6.07, 6.45) is -2.95. The van der Waals surface area contributed by atoms with Crippen molar-refractivity contribution in [1.29, 1.82) is 0 Å². The van der Waals surface area contributed by atoms with E-state index < -0.39 is 24.3 Å². The van der Waals surface area contributed by atoms with Crippen LogP contribution in [0, 0.1) is 0 Å². The predicted octanol–water partition coefficient (Wildman–Crippen LogP) is 4.11. The number of hydrogen-bond donors (Lipinski definition) is 2. The number of H-pyrrole nitrogens is 1.